The minimum atomic E-state index is -0.334. The average molecular weight is 373 g/mol. The molecule has 2 N–H and O–H groups in total. The van der Waals surface area contributed by atoms with Crippen molar-refractivity contribution in [2.75, 3.05) is 39.5 Å². The summed E-state index contributed by atoms with van der Waals surface area (Å²) in [5, 5.41) is 3.08. The number of carbonyl (C=O) groups excluding carboxylic acids is 1. The second kappa shape index (κ2) is 9.48. The van der Waals surface area contributed by atoms with E-state index in [1.54, 1.807) is 0 Å². The van der Waals surface area contributed by atoms with Gasteiger partial charge in [0.2, 0.25) is 0 Å². The van der Waals surface area contributed by atoms with E-state index in [0.717, 1.165) is 38.4 Å². The zero-order valence-corrected chi connectivity index (χ0v) is 15.5. The van der Waals surface area contributed by atoms with Crippen LogP contribution in [0.4, 0.5) is 4.39 Å². The molecule has 0 aliphatic carbocycles. The number of morpholine rings is 1. The Morgan fingerprint density at radius 3 is 2.48 bits per heavy atom. The lowest BCUT2D eigenvalue weighted by Crippen LogP contribution is -3.14. The van der Waals surface area contributed by atoms with Crippen LogP contribution in [-0.2, 0) is 9.53 Å². The van der Waals surface area contributed by atoms with Crippen molar-refractivity contribution in [3.63, 3.8) is 0 Å². The quantitative estimate of drug-likeness (QED) is 0.769. The molecule has 2 aromatic carbocycles. The highest BCUT2D eigenvalue weighted by Crippen LogP contribution is 2.14. The van der Waals surface area contributed by atoms with Crippen LogP contribution in [0.3, 0.4) is 0 Å². The lowest BCUT2D eigenvalue weighted by atomic mass is 10.0. The third kappa shape index (κ3) is 6.05. The van der Waals surface area contributed by atoms with Crippen molar-refractivity contribution in [2.24, 2.45) is 0 Å². The number of amides is 1. The molecule has 27 heavy (non-hydrogen) atoms. The van der Waals surface area contributed by atoms with Crippen molar-refractivity contribution >= 4 is 5.91 Å². The van der Waals surface area contributed by atoms with E-state index in [9.17, 15) is 9.18 Å². The van der Waals surface area contributed by atoms with Gasteiger partial charge in [-0.15, -0.1) is 0 Å². The van der Waals surface area contributed by atoms with E-state index in [4.69, 9.17) is 9.47 Å². The molecule has 1 amide bonds. The Morgan fingerprint density at radius 2 is 1.81 bits per heavy atom. The lowest BCUT2D eigenvalue weighted by molar-refractivity contribution is -0.909. The number of quaternary nitrogens is 1. The standard InChI is InChI=1S/C21H25FN2O3/c1-16-2-4-17(5-3-16)20(14-24-10-12-26-13-11-24)23-21(25)15-27-19-8-6-18(22)7-9-19/h2-9,20H,10-15H2,1H3,(H,23,25)/p+1/t20-/m1/s1. The fraction of sp³-hybridized carbons (Fsp3) is 0.381. The maximum absolute atomic E-state index is 13.0. The van der Waals surface area contributed by atoms with Crippen LogP contribution in [0, 0.1) is 12.7 Å². The van der Waals surface area contributed by atoms with Crippen molar-refractivity contribution in [1.29, 1.82) is 0 Å². The normalized spacial score (nSPS) is 15.9. The molecule has 1 aliphatic heterocycles. The molecule has 1 atom stereocenters. The van der Waals surface area contributed by atoms with Gasteiger partial charge >= 0.3 is 0 Å². The predicted octanol–water partition coefficient (Wildman–Crippen LogP) is 1.29. The molecule has 5 nitrogen and oxygen atoms in total. The zero-order chi connectivity index (χ0) is 19.1. The van der Waals surface area contributed by atoms with Crippen LogP contribution in [-0.4, -0.2) is 45.4 Å². The van der Waals surface area contributed by atoms with Crippen LogP contribution in [0.2, 0.25) is 0 Å². The van der Waals surface area contributed by atoms with Crippen molar-refractivity contribution in [3.05, 3.63) is 65.5 Å². The van der Waals surface area contributed by atoms with E-state index in [1.165, 1.54) is 34.7 Å². The summed E-state index contributed by atoms with van der Waals surface area (Å²) in [4.78, 5) is 13.8. The van der Waals surface area contributed by atoms with Gasteiger partial charge in [0.15, 0.2) is 6.61 Å². The first-order valence-corrected chi connectivity index (χ1v) is 9.26. The van der Waals surface area contributed by atoms with E-state index in [-0.39, 0.29) is 24.4 Å². The highest BCUT2D eigenvalue weighted by atomic mass is 19.1. The number of rotatable bonds is 7. The lowest BCUT2D eigenvalue weighted by Gasteiger charge is -2.28. The first-order valence-electron chi connectivity index (χ1n) is 9.26. The molecule has 1 aliphatic rings. The van der Waals surface area contributed by atoms with E-state index in [2.05, 4.69) is 29.6 Å². The molecule has 0 unspecified atom stereocenters. The highest BCUT2D eigenvalue weighted by molar-refractivity contribution is 5.78. The summed E-state index contributed by atoms with van der Waals surface area (Å²) in [5.74, 6) is -0.0606. The minimum Gasteiger partial charge on any atom is -0.484 e. The number of ether oxygens (including phenoxy) is 2. The van der Waals surface area contributed by atoms with Crippen LogP contribution in [0.25, 0.3) is 0 Å². The number of nitrogens with one attached hydrogen (secondary N) is 2. The summed E-state index contributed by atoms with van der Waals surface area (Å²) in [6.45, 7) is 6.10. The van der Waals surface area contributed by atoms with Crippen molar-refractivity contribution in [3.8, 4) is 5.75 Å². The zero-order valence-electron chi connectivity index (χ0n) is 15.5. The second-order valence-electron chi connectivity index (χ2n) is 6.84. The molecule has 0 saturated carbocycles. The second-order valence-corrected chi connectivity index (χ2v) is 6.84. The molecule has 0 spiro atoms. The van der Waals surface area contributed by atoms with Gasteiger partial charge in [0.25, 0.3) is 5.91 Å². The molecule has 6 heteroatoms. The summed E-state index contributed by atoms with van der Waals surface area (Å²) in [5.41, 5.74) is 2.26. The summed E-state index contributed by atoms with van der Waals surface area (Å²) >= 11 is 0. The van der Waals surface area contributed by atoms with Gasteiger partial charge in [0.05, 0.1) is 13.2 Å². The van der Waals surface area contributed by atoms with E-state index in [0.29, 0.717) is 5.75 Å². The molecule has 0 bridgehead atoms. The van der Waals surface area contributed by atoms with Gasteiger partial charge in [-0.05, 0) is 36.8 Å². The molecule has 1 fully saturated rings. The topological polar surface area (TPSA) is 52.0 Å². The third-order valence-corrected chi connectivity index (χ3v) is 4.69. The molecule has 0 radical (unpaired) electrons. The molecule has 0 aromatic heterocycles. The van der Waals surface area contributed by atoms with Gasteiger partial charge in [-0.3, -0.25) is 4.79 Å². The molecule has 1 heterocycles. The Morgan fingerprint density at radius 1 is 1.15 bits per heavy atom. The van der Waals surface area contributed by atoms with Crippen molar-refractivity contribution in [2.45, 2.75) is 13.0 Å². The maximum atomic E-state index is 13.0. The number of halogens is 1. The first kappa shape index (κ1) is 19.3. The van der Waals surface area contributed by atoms with E-state index in [1.807, 2.05) is 6.92 Å². The number of aryl methyl sites for hydroxylation is 1. The highest BCUT2D eigenvalue weighted by Gasteiger charge is 2.23. The maximum Gasteiger partial charge on any atom is 0.258 e. The smallest absolute Gasteiger partial charge is 0.258 e. The first-order chi connectivity index (χ1) is 13.1. The summed E-state index contributed by atoms with van der Waals surface area (Å²) in [6.07, 6.45) is 0. The van der Waals surface area contributed by atoms with Crippen LogP contribution in [0.5, 0.6) is 5.75 Å². The largest absolute Gasteiger partial charge is 0.484 e. The van der Waals surface area contributed by atoms with Gasteiger partial charge in [-0.25, -0.2) is 4.39 Å². The Labute approximate surface area is 159 Å². The monoisotopic (exact) mass is 373 g/mol. The summed E-state index contributed by atoms with van der Waals surface area (Å²) in [6, 6.07) is 13.8. The number of hydrogen-bond donors (Lipinski definition) is 2. The van der Waals surface area contributed by atoms with Crippen LogP contribution in [0.15, 0.2) is 48.5 Å². The molecule has 144 valence electrons. The predicted molar refractivity (Wildman–Crippen MR) is 100 cm³/mol. The van der Waals surface area contributed by atoms with Gasteiger partial charge in [-0.1, -0.05) is 29.8 Å². The molecular formula is C21H26FN2O3+. The van der Waals surface area contributed by atoms with Crippen LogP contribution in [0.1, 0.15) is 17.2 Å². The Kier molecular flexibility index (Phi) is 6.79. The van der Waals surface area contributed by atoms with Crippen LogP contribution < -0.4 is 15.0 Å². The molecule has 3 rings (SSSR count). The van der Waals surface area contributed by atoms with Crippen LogP contribution >= 0.6 is 0 Å². The van der Waals surface area contributed by atoms with E-state index >= 15 is 0 Å². The summed E-state index contributed by atoms with van der Waals surface area (Å²) < 4.78 is 23.8. The van der Waals surface area contributed by atoms with Crippen molar-refractivity contribution < 1.29 is 23.6 Å². The van der Waals surface area contributed by atoms with Gasteiger partial charge in [0.1, 0.15) is 37.2 Å². The Hall–Kier alpha value is -2.44. The van der Waals surface area contributed by atoms with Gasteiger partial charge < -0.3 is 19.7 Å². The van der Waals surface area contributed by atoms with E-state index < -0.39 is 0 Å². The third-order valence-electron chi connectivity index (χ3n) is 4.69. The Balaban J connectivity index is 1.61. The molecule has 2 aromatic rings. The SMILES string of the molecule is Cc1ccc([C@@H](C[NH+]2CCOCC2)NC(=O)COc2ccc(F)cc2)cc1. The van der Waals surface area contributed by atoms with Gasteiger partial charge in [0, 0.05) is 0 Å². The number of benzene rings is 2. The molecular weight excluding hydrogens is 347 g/mol. The average Bonchev–Trinajstić information content (AvgIpc) is 2.68. The molecule has 1 saturated heterocycles. The fourth-order valence-electron chi connectivity index (χ4n) is 3.12. The minimum absolute atomic E-state index is 0.0944. The Bertz CT molecular complexity index is 728. The summed E-state index contributed by atoms with van der Waals surface area (Å²) in [7, 11) is 0. The number of carbonyl (C=O) groups is 1. The van der Waals surface area contributed by atoms with Crippen molar-refractivity contribution in [1.82, 2.24) is 5.32 Å². The fourth-order valence-corrected chi connectivity index (χ4v) is 3.12. The number of hydrogen-bond acceptors (Lipinski definition) is 3. The van der Waals surface area contributed by atoms with Gasteiger partial charge in [-0.2, -0.15) is 0 Å².